The van der Waals surface area contributed by atoms with Crippen molar-refractivity contribution in [3.05, 3.63) is 0 Å². The standard InChI is InChI=1S/C14H27N3S/c1-3-15-13(16-9-7-12-5-6-12)17-11-14(2)8-4-10-18-14/h12H,3-11H2,1-2H3,(H2,15,16,17). The van der Waals surface area contributed by atoms with E-state index in [1.54, 1.807) is 0 Å². The predicted molar refractivity (Wildman–Crippen MR) is 81.4 cm³/mol. The fourth-order valence-corrected chi connectivity index (χ4v) is 3.58. The summed E-state index contributed by atoms with van der Waals surface area (Å²) in [5.74, 6) is 3.30. The third-order valence-corrected chi connectivity index (χ3v) is 5.28. The van der Waals surface area contributed by atoms with Crippen LogP contribution in [-0.2, 0) is 0 Å². The fraction of sp³-hybridized carbons (Fsp3) is 0.929. The second-order valence-electron chi connectivity index (χ2n) is 5.76. The molecule has 1 aliphatic heterocycles. The van der Waals surface area contributed by atoms with E-state index in [0.29, 0.717) is 4.75 Å². The Hall–Kier alpha value is -0.380. The molecule has 0 aromatic heterocycles. The summed E-state index contributed by atoms with van der Waals surface area (Å²) >= 11 is 2.08. The molecule has 0 bridgehead atoms. The van der Waals surface area contributed by atoms with Gasteiger partial charge in [-0.15, -0.1) is 0 Å². The van der Waals surface area contributed by atoms with Gasteiger partial charge in [-0.25, -0.2) is 0 Å². The van der Waals surface area contributed by atoms with Gasteiger partial charge in [0.2, 0.25) is 0 Å². The maximum absolute atomic E-state index is 4.76. The van der Waals surface area contributed by atoms with Gasteiger partial charge in [0.1, 0.15) is 0 Å². The average molecular weight is 269 g/mol. The number of hydrogen-bond donors (Lipinski definition) is 2. The molecule has 1 aliphatic carbocycles. The second kappa shape index (κ2) is 6.69. The zero-order chi connectivity index (χ0) is 12.8. The molecule has 2 fully saturated rings. The highest BCUT2D eigenvalue weighted by molar-refractivity contribution is 8.00. The molecule has 3 nitrogen and oxygen atoms in total. The van der Waals surface area contributed by atoms with Crippen molar-refractivity contribution in [2.45, 2.75) is 50.7 Å². The summed E-state index contributed by atoms with van der Waals surface area (Å²) in [6.07, 6.45) is 6.83. The van der Waals surface area contributed by atoms with Gasteiger partial charge < -0.3 is 10.6 Å². The lowest BCUT2D eigenvalue weighted by molar-refractivity contribution is 0.612. The average Bonchev–Trinajstić information content (AvgIpc) is 3.08. The van der Waals surface area contributed by atoms with Crippen LogP contribution in [0.25, 0.3) is 0 Å². The van der Waals surface area contributed by atoms with Crippen molar-refractivity contribution in [2.24, 2.45) is 10.9 Å². The van der Waals surface area contributed by atoms with Gasteiger partial charge in [0.05, 0.1) is 6.54 Å². The van der Waals surface area contributed by atoms with Gasteiger partial charge in [0.15, 0.2) is 5.96 Å². The van der Waals surface area contributed by atoms with Crippen LogP contribution >= 0.6 is 11.8 Å². The third-order valence-electron chi connectivity index (χ3n) is 3.76. The normalized spacial score (nSPS) is 28.4. The van der Waals surface area contributed by atoms with Crippen LogP contribution in [0.4, 0.5) is 0 Å². The minimum atomic E-state index is 0.374. The summed E-state index contributed by atoms with van der Waals surface area (Å²) in [6.45, 7) is 7.43. The zero-order valence-electron chi connectivity index (χ0n) is 11.8. The first-order chi connectivity index (χ1) is 8.72. The number of hydrogen-bond acceptors (Lipinski definition) is 2. The van der Waals surface area contributed by atoms with Crippen LogP contribution in [0.3, 0.4) is 0 Å². The van der Waals surface area contributed by atoms with Gasteiger partial charge in [-0.05, 0) is 44.8 Å². The van der Waals surface area contributed by atoms with Crippen LogP contribution in [0.1, 0.15) is 46.0 Å². The van der Waals surface area contributed by atoms with E-state index in [9.17, 15) is 0 Å². The number of aliphatic imine (C=N–C) groups is 1. The third kappa shape index (κ3) is 4.71. The Balaban J connectivity index is 1.74. The molecule has 0 aromatic carbocycles. The molecule has 2 aliphatic rings. The van der Waals surface area contributed by atoms with E-state index in [4.69, 9.17) is 4.99 Å². The minimum Gasteiger partial charge on any atom is -0.357 e. The van der Waals surface area contributed by atoms with Crippen LogP contribution in [-0.4, -0.2) is 36.1 Å². The van der Waals surface area contributed by atoms with Gasteiger partial charge in [-0.2, -0.15) is 11.8 Å². The Morgan fingerprint density at radius 3 is 2.83 bits per heavy atom. The number of guanidine groups is 1. The molecule has 18 heavy (non-hydrogen) atoms. The lowest BCUT2D eigenvalue weighted by atomic mass is 10.1. The lowest BCUT2D eigenvalue weighted by Gasteiger charge is -2.21. The number of nitrogens with one attached hydrogen (secondary N) is 2. The molecular weight excluding hydrogens is 242 g/mol. The first kappa shape index (κ1) is 14.0. The molecule has 1 saturated heterocycles. The molecule has 0 spiro atoms. The minimum absolute atomic E-state index is 0.374. The lowest BCUT2D eigenvalue weighted by Crippen LogP contribution is -2.39. The van der Waals surface area contributed by atoms with Crippen molar-refractivity contribution in [1.82, 2.24) is 10.6 Å². The summed E-state index contributed by atoms with van der Waals surface area (Å²) in [7, 11) is 0. The van der Waals surface area contributed by atoms with Crippen LogP contribution in [0.15, 0.2) is 4.99 Å². The molecule has 0 amide bonds. The Morgan fingerprint density at radius 2 is 2.22 bits per heavy atom. The van der Waals surface area contributed by atoms with Gasteiger partial charge in [0.25, 0.3) is 0 Å². The van der Waals surface area contributed by atoms with E-state index in [-0.39, 0.29) is 0 Å². The highest BCUT2D eigenvalue weighted by Gasteiger charge is 2.29. The van der Waals surface area contributed by atoms with E-state index in [2.05, 4.69) is 36.2 Å². The first-order valence-electron chi connectivity index (χ1n) is 7.38. The SMILES string of the molecule is CCNC(=NCC1(C)CCCS1)NCCC1CC1. The van der Waals surface area contributed by atoms with Crippen LogP contribution in [0, 0.1) is 5.92 Å². The highest BCUT2D eigenvalue weighted by Crippen LogP contribution is 2.37. The maximum Gasteiger partial charge on any atom is 0.191 e. The van der Waals surface area contributed by atoms with E-state index < -0.39 is 0 Å². The molecular formula is C14H27N3S. The Labute approximate surface area is 116 Å². The van der Waals surface area contributed by atoms with Crippen molar-refractivity contribution >= 4 is 17.7 Å². The van der Waals surface area contributed by atoms with Gasteiger partial charge >= 0.3 is 0 Å². The van der Waals surface area contributed by atoms with Gasteiger partial charge in [0, 0.05) is 17.8 Å². The molecule has 1 unspecified atom stereocenters. The van der Waals surface area contributed by atoms with E-state index in [0.717, 1.165) is 31.5 Å². The van der Waals surface area contributed by atoms with Crippen LogP contribution in [0.5, 0.6) is 0 Å². The van der Waals surface area contributed by atoms with Crippen LogP contribution in [0.2, 0.25) is 0 Å². The quantitative estimate of drug-likeness (QED) is 0.575. The van der Waals surface area contributed by atoms with Gasteiger partial charge in [-0.1, -0.05) is 12.8 Å². The molecule has 4 heteroatoms. The summed E-state index contributed by atoms with van der Waals surface area (Å²) in [6, 6.07) is 0. The topological polar surface area (TPSA) is 36.4 Å². The summed E-state index contributed by atoms with van der Waals surface area (Å²) in [5, 5.41) is 6.81. The number of thioether (sulfide) groups is 1. The fourth-order valence-electron chi connectivity index (χ4n) is 2.35. The highest BCUT2D eigenvalue weighted by atomic mass is 32.2. The number of nitrogens with zero attached hydrogens (tertiary/aromatic N) is 1. The van der Waals surface area contributed by atoms with Crippen LogP contribution < -0.4 is 10.6 Å². The molecule has 2 N–H and O–H groups in total. The first-order valence-corrected chi connectivity index (χ1v) is 8.36. The van der Waals surface area contributed by atoms with E-state index >= 15 is 0 Å². The Bertz CT molecular complexity index is 281. The molecule has 0 aromatic rings. The van der Waals surface area contributed by atoms with E-state index in [1.165, 1.54) is 37.9 Å². The maximum atomic E-state index is 4.76. The summed E-state index contributed by atoms with van der Waals surface area (Å²) in [5.41, 5.74) is 0. The largest absolute Gasteiger partial charge is 0.357 e. The van der Waals surface area contributed by atoms with E-state index in [1.807, 2.05) is 0 Å². The molecule has 1 atom stereocenters. The zero-order valence-corrected chi connectivity index (χ0v) is 12.6. The Kier molecular flexibility index (Phi) is 5.22. The van der Waals surface area contributed by atoms with Crippen molar-refractivity contribution in [3.63, 3.8) is 0 Å². The second-order valence-corrected chi connectivity index (χ2v) is 7.44. The molecule has 2 rings (SSSR count). The molecule has 1 heterocycles. The molecule has 1 saturated carbocycles. The van der Waals surface area contributed by atoms with Gasteiger partial charge in [-0.3, -0.25) is 4.99 Å². The van der Waals surface area contributed by atoms with Crippen molar-refractivity contribution < 1.29 is 0 Å². The smallest absolute Gasteiger partial charge is 0.191 e. The summed E-state index contributed by atoms with van der Waals surface area (Å²) < 4.78 is 0.374. The predicted octanol–water partition coefficient (Wildman–Crippen LogP) is 2.63. The molecule has 0 radical (unpaired) electrons. The molecule has 104 valence electrons. The number of rotatable bonds is 6. The van der Waals surface area contributed by atoms with Crippen molar-refractivity contribution in [1.29, 1.82) is 0 Å². The summed E-state index contributed by atoms with van der Waals surface area (Å²) in [4.78, 5) is 4.76. The van der Waals surface area contributed by atoms with Crippen molar-refractivity contribution in [3.8, 4) is 0 Å². The monoisotopic (exact) mass is 269 g/mol. The van der Waals surface area contributed by atoms with Crippen molar-refractivity contribution in [2.75, 3.05) is 25.4 Å². The Morgan fingerprint density at radius 1 is 1.39 bits per heavy atom.